The van der Waals surface area contributed by atoms with Crippen molar-refractivity contribution in [3.8, 4) is 6.07 Å². The number of benzene rings is 1. The van der Waals surface area contributed by atoms with Crippen molar-refractivity contribution in [2.45, 2.75) is 39.0 Å². The lowest BCUT2D eigenvalue weighted by Crippen LogP contribution is -2.17. The van der Waals surface area contributed by atoms with Crippen LogP contribution in [0.2, 0.25) is 0 Å². The van der Waals surface area contributed by atoms with Crippen molar-refractivity contribution in [1.29, 1.82) is 5.26 Å². The van der Waals surface area contributed by atoms with Crippen LogP contribution in [0.25, 0.3) is 6.08 Å². The molecule has 1 amide bonds. The number of anilines is 1. The Hall–Kier alpha value is -2.91. The van der Waals surface area contributed by atoms with E-state index in [0.717, 1.165) is 35.3 Å². The molecule has 0 spiro atoms. The Bertz CT molecular complexity index is 954. The Morgan fingerprint density at radius 1 is 1.36 bits per heavy atom. The number of amides is 1. The molecular weight excluding hydrogens is 372 g/mol. The third kappa shape index (κ3) is 4.15. The summed E-state index contributed by atoms with van der Waals surface area (Å²) >= 11 is 1.41. The van der Waals surface area contributed by atoms with Gasteiger partial charge in [-0.1, -0.05) is 37.3 Å². The maximum absolute atomic E-state index is 12.7. The minimum atomic E-state index is -0.525. The molecule has 0 bridgehead atoms. The van der Waals surface area contributed by atoms with E-state index in [9.17, 15) is 14.9 Å². The number of esters is 1. The van der Waals surface area contributed by atoms with Crippen LogP contribution in [-0.2, 0) is 16.0 Å². The summed E-state index contributed by atoms with van der Waals surface area (Å²) in [6, 6.07) is 11.1. The number of nitrogens with one attached hydrogen (secondary N) is 1. The van der Waals surface area contributed by atoms with Gasteiger partial charge in [-0.05, 0) is 49.3 Å². The second kappa shape index (κ2) is 8.85. The van der Waals surface area contributed by atoms with Crippen LogP contribution in [0.3, 0.4) is 0 Å². The Kier molecular flexibility index (Phi) is 6.27. The van der Waals surface area contributed by atoms with E-state index in [1.807, 2.05) is 36.4 Å². The summed E-state index contributed by atoms with van der Waals surface area (Å²) in [5, 5.41) is 12.7. The van der Waals surface area contributed by atoms with Crippen LogP contribution in [0.5, 0.6) is 0 Å². The number of nitriles is 1. The van der Waals surface area contributed by atoms with Crippen molar-refractivity contribution in [1.82, 2.24) is 0 Å². The average Bonchev–Trinajstić information content (AvgIpc) is 3.06. The molecule has 0 saturated carbocycles. The minimum Gasteiger partial charge on any atom is -0.462 e. The van der Waals surface area contributed by atoms with Crippen LogP contribution in [-0.4, -0.2) is 18.5 Å². The second-order valence-corrected chi connectivity index (χ2v) is 7.80. The van der Waals surface area contributed by atoms with Gasteiger partial charge in [0.15, 0.2) is 0 Å². The molecule has 1 N–H and O–H groups in total. The summed E-state index contributed by atoms with van der Waals surface area (Å²) in [4.78, 5) is 26.5. The number of carbonyl (C=O) groups is 2. The zero-order valence-corrected chi connectivity index (χ0v) is 16.8. The molecule has 1 aliphatic rings. The highest BCUT2D eigenvalue weighted by atomic mass is 32.1. The summed E-state index contributed by atoms with van der Waals surface area (Å²) in [6.45, 7) is 4.12. The molecule has 0 aliphatic heterocycles. The van der Waals surface area contributed by atoms with Gasteiger partial charge in [-0.25, -0.2) is 4.79 Å². The molecule has 1 unspecified atom stereocenters. The van der Waals surface area contributed by atoms with Gasteiger partial charge in [-0.15, -0.1) is 11.3 Å². The number of carbonyl (C=O) groups excluding carboxylic acids is 2. The number of hydrogen-bond donors (Lipinski definition) is 1. The fourth-order valence-electron chi connectivity index (χ4n) is 3.44. The molecule has 3 rings (SSSR count). The summed E-state index contributed by atoms with van der Waals surface area (Å²) in [5.41, 5.74) is 2.18. The third-order valence-electron chi connectivity index (χ3n) is 4.74. The highest BCUT2D eigenvalue weighted by molar-refractivity contribution is 7.17. The van der Waals surface area contributed by atoms with E-state index in [0.29, 0.717) is 10.6 Å². The molecule has 1 aromatic carbocycles. The first-order valence-corrected chi connectivity index (χ1v) is 10.2. The largest absolute Gasteiger partial charge is 0.462 e. The zero-order chi connectivity index (χ0) is 20.1. The maximum Gasteiger partial charge on any atom is 0.341 e. The Balaban J connectivity index is 1.95. The first-order valence-electron chi connectivity index (χ1n) is 9.36. The van der Waals surface area contributed by atoms with Gasteiger partial charge in [-0.2, -0.15) is 5.26 Å². The SMILES string of the molecule is CCOC(=O)c1c(NC(=O)/C(C#N)=C/c2ccccc2)sc2c1C(C)CCC2. The van der Waals surface area contributed by atoms with Crippen LogP contribution in [0, 0.1) is 11.3 Å². The Labute approximate surface area is 168 Å². The Morgan fingerprint density at radius 2 is 2.11 bits per heavy atom. The van der Waals surface area contributed by atoms with E-state index in [2.05, 4.69) is 12.2 Å². The number of aryl methyl sites for hydroxylation is 1. The van der Waals surface area contributed by atoms with Crippen molar-refractivity contribution in [2.24, 2.45) is 0 Å². The van der Waals surface area contributed by atoms with Crippen LogP contribution in [0.4, 0.5) is 5.00 Å². The fourth-order valence-corrected chi connectivity index (χ4v) is 4.78. The molecule has 5 nitrogen and oxygen atoms in total. The number of rotatable bonds is 5. The topological polar surface area (TPSA) is 79.2 Å². The molecule has 2 aromatic rings. The molecular formula is C22H22N2O3S. The lowest BCUT2D eigenvalue weighted by atomic mass is 9.86. The van der Waals surface area contributed by atoms with E-state index in [1.54, 1.807) is 6.92 Å². The molecule has 0 radical (unpaired) electrons. The van der Waals surface area contributed by atoms with Crippen LogP contribution >= 0.6 is 11.3 Å². The highest BCUT2D eigenvalue weighted by Gasteiger charge is 2.31. The monoisotopic (exact) mass is 394 g/mol. The van der Waals surface area contributed by atoms with E-state index >= 15 is 0 Å². The maximum atomic E-state index is 12.7. The summed E-state index contributed by atoms with van der Waals surface area (Å²) in [6.07, 6.45) is 4.48. The van der Waals surface area contributed by atoms with E-state index in [1.165, 1.54) is 17.4 Å². The van der Waals surface area contributed by atoms with Crippen molar-refractivity contribution in [2.75, 3.05) is 11.9 Å². The molecule has 0 saturated heterocycles. The molecule has 6 heteroatoms. The van der Waals surface area contributed by atoms with E-state index in [4.69, 9.17) is 4.74 Å². The predicted octanol–water partition coefficient (Wildman–Crippen LogP) is 4.91. The number of fused-ring (bicyclic) bond motifs is 1. The number of hydrogen-bond acceptors (Lipinski definition) is 5. The van der Waals surface area contributed by atoms with Crippen molar-refractivity contribution in [3.63, 3.8) is 0 Å². The van der Waals surface area contributed by atoms with Gasteiger partial charge in [0, 0.05) is 4.88 Å². The van der Waals surface area contributed by atoms with Crippen LogP contribution < -0.4 is 5.32 Å². The van der Waals surface area contributed by atoms with Crippen LogP contribution in [0.1, 0.15) is 59.0 Å². The number of nitrogens with zero attached hydrogens (tertiary/aromatic N) is 1. The molecule has 144 valence electrons. The van der Waals surface area contributed by atoms with Gasteiger partial charge in [-0.3, -0.25) is 4.79 Å². The lowest BCUT2D eigenvalue weighted by Gasteiger charge is -2.19. The Morgan fingerprint density at radius 3 is 2.79 bits per heavy atom. The van der Waals surface area contributed by atoms with Crippen LogP contribution in [0.15, 0.2) is 35.9 Å². The van der Waals surface area contributed by atoms with Crippen molar-refractivity contribution >= 4 is 34.3 Å². The van der Waals surface area contributed by atoms with Crippen molar-refractivity contribution < 1.29 is 14.3 Å². The van der Waals surface area contributed by atoms with Gasteiger partial charge >= 0.3 is 5.97 Å². The fraction of sp³-hybridized carbons (Fsp3) is 0.318. The highest BCUT2D eigenvalue weighted by Crippen LogP contribution is 2.43. The average molecular weight is 394 g/mol. The molecule has 1 heterocycles. The molecule has 1 aromatic heterocycles. The minimum absolute atomic E-state index is 0.0135. The number of thiophene rings is 1. The first kappa shape index (κ1) is 19.8. The summed E-state index contributed by atoms with van der Waals surface area (Å²) < 4.78 is 5.24. The predicted molar refractivity (Wildman–Crippen MR) is 110 cm³/mol. The van der Waals surface area contributed by atoms with Gasteiger partial charge in [0.2, 0.25) is 0 Å². The van der Waals surface area contributed by atoms with E-state index < -0.39 is 11.9 Å². The third-order valence-corrected chi connectivity index (χ3v) is 5.92. The van der Waals surface area contributed by atoms with E-state index in [-0.39, 0.29) is 18.1 Å². The molecule has 0 fully saturated rings. The summed E-state index contributed by atoms with van der Waals surface area (Å²) in [7, 11) is 0. The standard InChI is InChI=1S/C22H22N2O3S/c1-3-27-22(26)19-18-14(2)8-7-11-17(18)28-21(19)24-20(25)16(13-23)12-15-9-5-4-6-10-15/h4-6,9-10,12,14H,3,7-8,11H2,1-2H3,(H,24,25)/b16-12+. The normalized spacial score (nSPS) is 16.0. The molecule has 1 atom stereocenters. The molecule has 28 heavy (non-hydrogen) atoms. The second-order valence-electron chi connectivity index (χ2n) is 6.69. The lowest BCUT2D eigenvalue weighted by molar-refractivity contribution is -0.112. The quantitative estimate of drug-likeness (QED) is 0.444. The first-order chi connectivity index (χ1) is 13.5. The van der Waals surface area contributed by atoms with Gasteiger partial charge in [0.05, 0.1) is 12.2 Å². The van der Waals surface area contributed by atoms with Crippen molar-refractivity contribution in [3.05, 3.63) is 57.5 Å². The number of ether oxygens (including phenoxy) is 1. The smallest absolute Gasteiger partial charge is 0.341 e. The zero-order valence-electron chi connectivity index (χ0n) is 16.0. The van der Waals surface area contributed by atoms with Gasteiger partial charge in [0.1, 0.15) is 16.6 Å². The van der Waals surface area contributed by atoms with Gasteiger partial charge in [0.25, 0.3) is 5.91 Å². The van der Waals surface area contributed by atoms with Gasteiger partial charge < -0.3 is 10.1 Å². The molecule has 1 aliphatic carbocycles. The summed E-state index contributed by atoms with van der Waals surface area (Å²) in [5.74, 6) is -0.710.